The molecule has 2 atom stereocenters. The zero-order chi connectivity index (χ0) is 13.7. The molecule has 0 aromatic carbocycles. The Labute approximate surface area is 116 Å². The van der Waals surface area contributed by atoms with Gasteiger partial charge in [-0.1, -0.05) is 19.8 Å². The molecule has 2 unspecified atom stereocenters. The second-order valence-corrected chi connectivity index (χ2v) is 5.77. The van der Waals surface area contributed by atoms with Gasteiger partial charge in [0, 0.05) is 24.8 Å². The average Bonchev–Trinajstić information content (AvgIpc) is 2.40. The van der Waals surface area contributed by atoms with Crippen LogP contribution in [0.5, 0.6) is 0 Å². The smallest absolute Gasteiger partial charge is 0.224 e. The van der Waals surface area contributed by atoms with E-state index in [2.05, 4.69) is 41.4 Å². The van der Waals surface area contributed by atoms with Crippen LogP contribution in [0.3, 0.4) is 0 Å². The monoisotopic (exact) mass is 262 g/mol. The highest BCUT2D eigenvalue weighted by Gasteiger charge is 2.18. The van der Waals surface area contributed by atoms with Gasteiger partial charge in [0.05, 0.1) is 0 Å². The molecule has 0 bridgehead atoms. The van der Waals surface area contributed by atoms with Crippen LogP contribution < -0.4 is 10.6 Å². The number of aryl methyl sites for hydroxylation is 1. The zero-order valence-electron chi connectivity index (χ0n) is 12.4. The van der Waals surface area contributed by atoms with Crippen molar-refractivity contribution in [2.75, 3.05) is 23.7 Å². The molecular formula is C15H26N4. The van der Waals surface area contributed by atoms with E-state index < -0.39 is 0 Å². The van der Waals surface area contributed by atoms with Crippen LogP contribution in [0, 0.1) is 18.8 Å². The highest BCUT2D eigenvalue weighted by molar-refractivity contribution is 5.46. The number of hydrogen-bond acceptors (Lipinski definition) is 4. The maximum absolute atomic E-state index is 4.53. The second kappa shape index (κ2) is 6.73. The molecule has 0 aliphatic heterocycles. The predicted molar refractivity (Wildman–Crippen MR) is 80.5 cm³/mol. The molecule has 2 N–H and O–H groups in total. The average molecular weight is 262 g/mol. The van der Waals surface area contributed by atoms with Crippen molar-refractivity contribution in [2.45, 2.75) is 46.5 Å². The van der Waals surface area contributed by atoms with E-state index in [4.69, 9.17) is 0 Å². The molecule has 0 radical (unpaired) electrons. The third-order valence-corrected chi connectivity index (χ3v) is 3.91. The van der Waals surface area contributed by atoms with Gasteiger partial charge in [0.2, 0.25) is 5.95 Å². The third-order valence-electron chi connectivity index (χ3n) is 3.91. The fourth-order valence-electron chi connectivity index (χ4n) is 2.85. The van der Waals surface area contributed by atoms with Crippen molar-refractivity contribution in [1.82, 2.24) is 9.97 Å². The number of hydrogen-bond donors (Lipinski definition) is 2. The summed E-state index contributed by atoms with van der Waals surface area (Å²) in [6, 6.07) is 0. The summed E-state index contributed by atoms with van der Waals surface area (Å²) < 4.78 is 0. The maximum Gasteiger partial charge on any atom is 0.224 e. The minimum Gasteiger partial charge on any atom is -0.369 e. The molecule has 1 fully saturated rings. The lowest BCUT2D eigenvalue weighted by molar-refractivity contribution is 0.293. The van der Waals surface area contributed by atoms with Crippen LogP contribution in [0.4, 0.5) is 11.8 Å². The number of aromatic nitrogens is 2. The van der Waals surface area contributed by atoms with Crippen LogP contribution in [-0.2, 0) is 0 Å². The Bertz CT molecular complexity index is 405. The van der Waals surface area contributed by atoms with Gasteiger partial charge < -0.3 is 10.6 Å². The first-order valence-electron chi connectivity index (χ1n) is 7.50. The topological polar surface area (TPSA) is 49.8 Å². The van der Waals surface area contributed by atoms with Gasteiger partial charge in [-0.15, -0.1) is 0 Å². The standard InChI is InChI=1S/C15H26N4/c1-4-16-15-18-9-12(3)14(19-15)17-10-13-7-5-6-11(2)8-13/h9,11,13H,4-8,10H2,1-3H3,(H2,16,17,18,19). The van der Waals surface area contributed by atoms with Crippen molar-refractivity contribution in [2.24, 2.45) is 11.8 Å². The van der Waals surface area contributed by atoms with Crippen LogP contribution in [0.15, 0.2) is 6.20 Å². The lowest BCUT2D eigenvalue weighted by atomic mass is 9.82. The molecule has 1 aromatic heterocycles. The van der Waals surface area contributed by atoms with Gasteiger partial charge in [-0.2, -0.15) is 4.98 Å². The van der Waals surface area contributed by atoms with Crippen LogP contribution in [-0.4, -0.2) is 23.1 Å². The Balaban J connectivity index is 1.92. The van der Waals surface area contributed by atoms with E-state index in [1.54, 1.807) is 0 Å². The van der Waals surface area contributed by atoms with Crippen LogP contribution >= 0.6 is 0 Å². The summed E-state index contributed by atoms with van der Waals surface area (Å²) in [4.78, 5) is 8.81. The molecule has 1 aliphatic rings. The Kier molecular flexibility index (Phi) is 5.00. The van der Waals surface area contributed by atoms with Gasteiger partial charge in [-0.25, -0.2) is 4.98 Å². The lowest BCUT2D eigenvalue weighted by Crippen LogP contribution is -2.22. The number of nitrogens with one attached hydrogen (secondary N) is 2. The van der Waals surface area contributed by atoms with Crippen molar-refractivity contribution >= 4 is 11.8 Å². The van der Waals surface area contributed by atoms with Gasteiger partial charge in [0.1, 0.15) is 5.82 Å². The quantitative estimate of drug-likeness (QED) is 0.853. The number of rotatable bonds is 5. The minimum atomic E-state index is 0.715. The SMILES string of the molecule is CCNc1ncc(C)c(NCC2CCCC(C)C2)n1. The predicted octanol–water partition coefficient (Wildman–Crippen LogP) is 3.46. The first kappa shape index (κ1) is 14.1. The number of nitrogens with zero attached hydrogens (tertiary/aromatic N) is 2. The first-order chi connectivity index (χ1) is 9.19. The van der Waals surface area contributed by atoms with Gasteiger partial charge >= 0.3 is 0 Å². The van der Waals surface area contributed by atoms with Crippen molar-refractivity contribution < 1.29 is 0 Å². The van der Waals surface area contributed by atoms with E-state index in [0.29, 0.717) is 5.95 Å². The molecule has 1 aromatic rings. The molecule has 0 saturated heterocycles. The summed E-state index contributed by atoms with van der Waals surface area (Å²) in [5.41, 5.74) is 1.12. The Morgan fingerprint density at radius 1 is 1.32 bits per heavy atom. The van der Waals surface area contributed by atoms with E-state index in [1.165, 1.54) is 25.7 Å². The van der Waals surface area contributed by atoms with Crippen molar-refractivity contribution in [3.8, 4) is 0 Å². The molecule has 4 heteroatoms. The van der Waals surface area contributed by atoms with E-state index in [-0.39, 0.29) is 0 Å². The van der Waals surface area contributed by atoms with Crippen LogP contribution in [0.2, 0.25) is 0 Å². The number of anilines is 2. The van der Waals surface area contributed by atoms with Crippen LogP contribution in [0.25, 0.3) is 0 Å². The summed E-state index contributed by atoms with van der Waals surface area (Å²) >= 11 is 0. The molecule has 0 amide bonds. The van der Waals surface area contributed by atoms with Crippen LogP contribution in [0.1, 0.15) is 45.1 Å². The van der Waals surface area contributed by atoms with Gasteiger partial charge in [-0.3, -0.25) is 0 Å². The molecule has 1 saturated carbocycles. The fraction of sp³-hybridized carbons (Fsp3) is 0.733. The fourth-order valence-corrected chi connectivity index (χ4v) is 2.85. The summed E-state index contributed by atoms with van der Waals surface area (Å²) in [5.74, 6) is 3.36. The maximum atomic E-state index is 4.53. The van der Waals surface area contributed by atoms with Gasteiger partial charge in [-0.05, 0) is 38.5 Å². The molecule has 1 heterocycles. The first-order valence-corrected chi connectivity index (χ1v) is 7.50. The molecule has 0 spiro atoms. The third kappa shape index (κ3) is 4.08. The molecule has 19 heavy (non-hydrogen) atoms. The van der Waals surface area contributed by atoms with Gasteiger partial charge in [0.15, 0.2) is 0 Å². The summed E-state index contributed by atoms with van der Waals surface area (Å²) in [6.07, 6.45) is 7.35. The van der Waals surface area contributed by atoms with E-state index in [1.807, 2.05) is 6.20 Å². The normalized spacial score (nSPS) is 23.1. The van der Waals surface area contributed by atoms with Crippen molar-refractivity contribution in [3.05, 3.63) is 11.8 Å². The molecule has 1 aliphatic carbocycles. The Morgan fingerprint density at radius 3 is 2.89 bits per heavy atom. The summed E-state index contributed by atoms with van der Waals surface area (Å²) in [6.45, 7) is 8.36. The zero-order valence-corrected chi connectivity index (χ0v) is 12.4. The molecule has 106 valence electrons. The molecule has 4 nitrogen and oxygen atoms in total. The molecular weight excluding hydrogens is 236 g/mol. The Morgan fingerprint density at radius 2 is 2.16 bits per heavy atom. The lowest BCUT2D eigenvalue weighted by Gasteiger charge is -2.27. The highest BCUT2D eigenvalue weighted by atomic mass is 15.1. The Hall–Kier alpha value is -1.32. The summed E-state index contributed by atoms with van der Waals surface area (Å²) in [7, 11) is 0. The van der Waals surface area contributed by atoms with E-state index >= 15 is 0 Å². The van der Waals surface area contributed by atoms with E-state index in [9.17, 15) is 0 Å². The van der Waals surface area contributed by atoms with Crippen molar-refractivity contribution in [1.29, 1.82) is 0 Å². The highest BCUT2D eigenvalue weighted by Crippen LogP contribution is 2.28. The van der Waals surface area contributed by atoms with Gasteiger partial charge in [0.25, 0.3) is 0 Å². The largest absolute Gasteiger partial charge is 0.369 e. The van der Waals surface area contributed by atoms with E-state index in [0.717, 1.165) is 36.3 Å². The summed E-state index contributed by atoms with van der Waals surface area (Å²) in [5, 5.41) is 6.67. The molecule has 2 rings (SSSR count). The minimum absolute atomic E-state index is 0.715. The second-order valence-electron chi connectivity index (χ2n) is 5.77. The van der Waals surface area contributed by atoms with Crippen molar-refractivity contribution in [3.63, 3.8) is 0 Å².